The Kier molecular flexibility index (Phi) is 6.21. The van der Waals surface area contributed by atoms with Gasteiger partial charge in [-0.25, -0.2) is 14.3 Å². The first-order valence-corrected chi connectivity index (χ1v) is 9.03. The number of hydrogen-bond donors (Lipinski definition) is 0. The van der Waals surface area contributed by atoms with Gasteiger partial charge in [0, 0.05) is 5.56 Å². The summed E-state index contributed by atoms with van der Waals surface area (Å²) in [5, 5.41) is 4.02. The normalized spacial score (nSPS) is 11.9. The molecule has 2 aromatic carbocycles. The van der Waals surface area contributed by atoms with Crippen LogP contribution in [0.3, 0.4) is 0 Å². The molecule has 0 aliphatic rings. The van der Waals surface area contributed by atoms with E-state index in [1.165, 1.54) is 12.1 Å². The highest BCUT2D eigenvalue weighted by atomic mass is 19.4. The molecule has 0 aliphatic heterocycles. The minimum absolute atomic E-state index is 0.0588. The minimum Gasteiger partial charge on any atom is -0.465 e. The molecule has 0 radical (unpaired) electrons. The van der Waals surface area contributed by atoms with Gasteiger partial charge in [-0.3, -0.25) is 0 Å². The SMILES string of the molecule is COC(=O)c1c(-c2cc(C(F)(F)F)cc(C(F)(F)F)c2)nn(-c2ccccc2)c1C(=O)OC. The van der Waals surface area contributed by atoms with E-state index in [0.717, 1.165) is 18.9 Å². The molecule has 1 heterocycles. The van der Waals surface area contributed by atoms with Crippen molar-refractivity contribution in [3.05, 3.63) is 70.9 Å². The maximum absolute atomic E-state index is 13.4. The van der Waals surface area contributed by atoms with Gasteiger partial charge in [0.15, 0.2) is 5.69 Å². The topological polar surface area (TPSA) is 70.4 Å². The van der Waals surface area contributed by atoms with Crippen molar-refractivity contribution in [2.24, 2.45) is 0 Å². The summed E-state index contributed by atoms with van der Waals surface area (Å²) in [6.07, 6.45) is -10.3. The zero-order chi connectivity index (χ0) is 24.6. The number of methoxy groups -OCH3 is 2. The van der Waals surface area contributed by atoms with E-state index in [9.17, 15) is 35.9 Å². The summed E-state index contributed by atoms with van der Waals surface area (Å²) in [5.74, 6) is -2.32. The minimum atomic E-state index is -5.13. The Labute approximate surface area is 182 Å². The fourth-order valence-corrected chi connectivity index (χ4v) is 3.05. The zero-order valence-corrected chi connectivity index (χ0v) is 16.9. The van der Waals surface area contributed by atoms with Crippen molar-refractivity contribution in [3.63, 3.8) is 0 Å². The van der Waals surface area contributed by atoms with Crippen molar-refractivity contribution < 1.29 is 45.4 Å². The Morgan fingerprint density at radius 1 is 0.818 bits per heavy atom. The van der Waals surface area contributed by atoms with E-state index in [-0.39, 0.29) is 11.8 Å². The van der Waals surface area contributed by atoms with E-state index < -0.39 is 57.9 Å². The van der Waals surface area contributed by atoms with Gasteiger partial charge in [-0.1, -0.05) is 18.2 Å². The predicted molar refractivity (Wildman–Crippen MR) is 102 cm³/mol. The first kappa shape index (κ1) is 23.8. The molecule has 0 fully saturated rings. The number of carbonyl (C=O) groups is 2. The van der Waals surface area contributed by atoms with Gasteiger partial charge in [-0.2, -0.15) is 31.4 Å². The van der Waals surface area contributed by atoms with E-state index in [0.29, 0.717) is 12.1 Å². The third-order valence-corrected chi connectivity index (χ3v) is 4.52. The number of alkyl halides is 6. The number of para-hydroxylation sites is 1. The predicted octanol–water partition coefficient (Wildman–Crippen LogP) is 5.15. The molecule has 0 bridgehead atoms. The van der Waals surface area contributed by atoms with Crippen molar-refractivity contribution in [3.8, 4) is 16.9 Å². The maximum Gasteiger partial charge on any atom is 0.416 e. The summed E-state index contributed by atoms with van der Waals surface area (Å²) < 4.78 is 90.3. The average molecular weight is 472 g/mol. The van der Waals surface area contributed by atoms with Crippen molar-refractivity contribution in [2.75, 3.05) is 14.2 Å². The molecule has 33 heavy (non-hydrogen) atoms. The molecule has 174 valence electrons. The molecule has 6 nitrogen and oxygen atoms in total. The molecule has 0 unspecified atom stereocenters. The number of benzene rings is 2. The summed E-state index contributed by atoms with van der Waals surface area (Å²) in [4.78, 5) is 25.0. The number of esters is 2. The highest BCUT2D eigenvalue weighted by Crippen LogP contribution is 2.40. The van der Waals surface area contributed by atoms with E-state index in [1.807, 2.05) is 0 Å². The first-order valence-electron chi connectivity index (χ1n) is 9.03. The summed E-state index contributed by atoms with van der Waals surface area (Å²) in [7, 11) is 1.91. The van der Waals surface area contributed by atoms with Crippen LogP contribution in [0, 0.1) is 0 Å². The van der Waals surface area contributed by atoms with Crippen LogP contribution < -0.4 is 0 Å². The van der Waals surface area contributed by atoms with Crippen LogP contribution in [0.5, 0.6) is 0 Å². The highest BCUT2D eigenvalue weighted by molar-refractivity contribution is 6.06. The van der Waals surface area contributed by atoms with Gasteiger partial charge in [-0.05, 0) is 30.3 Å². The second kappa shape index (κ2) is 8.60. The van der Waals surface area contributed by atoms with Gasteiger partial charge in [0.2, 0.25) is 0 Å². The zero-order valence-electron chi connectivity index (χ0n) is 16.9. The van der Waals surface area contributed by atoms with Crippen LogP contribution in [-0.4, -0.2) is 35.9 Å². The average Bonchev–Trinajstić information content (AvgIpc) is 3.18. The summed E-state index contributed by atoms with van der Waals surface area (Å²) in [6.45, 7) is 0. The molecule has 3 aromatic rings. The molecule has 0 saturated carbocycles. The Bertz CT molecular complexity index is 1170. The third kappa shape index (κ3) is 4.69. The van der Waals surface area contributed by atoms with Crippen LogP contribution in [0.1, 0.15) is 32.0 Å². The van der Waals surface area contributed by atoms with Crippen molar-refractivity contribution in [2.45, 2.75) is 12.4 Å². The largest absolute Gasteiger partial charge is 0.465 e. The lowest BCUT2D eigenvalue weighted by molar-refractivity contribution is -0.143. The number of carbonyl (C=O) groups excluding carboxylic acids is 2. The standard InChI is InChI=1S/C21H14F6N2O4/c1-32-18(30)15-16(11-8-12(20(22,23)24)10-13(9-11)21(25,26)27)28-29(17(15)19(31)33-2)14-6-4-3-5-7-14/h3-10H,1-2H3. The molecular formula is C21H14F6N2O4. The molecule has 12 heteroatoms. The molecule has 0 spiro atoms. The Morgan fingerprint density at radius 3 is 1.79 bits per heavy atom. The highest BCUT2D eigenvalue weighted by Gasteiger charge is 2.39. The van der Waals surface area contributed by atoms with Gasteiger partial charge in [-0.15, -0.1) is 0 Å². The Morgan fingerprint density at radius 2 is 1.33 bits per heavy atom. The fraction of sp³-hybridized carbons (Fsp3) is 0.190. The Hall–Kier alpha value is -3.83. The molecule has 0 aliphatic carbocycles. The maximum atomic E-state index is 13.4. The molecule has 3 rings (SSSR count). The van der Waals surface area contributed by atoms with Crippen LogP contribution in [0.4, 0.5) is 26.3 Å². The van der Waals surface area contributed by atoms with Crippen molar-refractivity contribution in [1.82, 2.24) is 9.78 Å². The second-order valence-corrected chi connectivity index (χ2v) is 6.60. The molecule has 0 N–H and O–H groups in total. The molecule has 1 aromatic heterocycles. The van der Waals surface area contributed by atoms with Gasteiger partial charge in [0.1, 0.15) is 11.3 Å². The number of ether oxygens (including phenoxy) is 2. The van der Waals surface area contributed by atoms with E-state index in [1.54, 1.807) is 18.2 Å². The summed E-state index contributed by atoms with van der Waals surface area (Å²) in [5.41, 5.74) is -5.54. The van der Waals surface area contributed by atoms with Crippen LogP contribution in [0.15, 0.2) is 48.5 Å². The third-order valence-electron chi connectivity index (χ3n) is 4.52. The van der Waals surface area contributed by atoms with Crippen LogP contribution >= 0.6 is 0 Å². The number of rotatable bonds is 4. The van der Waals surface area contributed by atoms with Gasteiger partial charge >= 0.3 is 24.3 Å². The molecule has 0 atom stereocenters. The second-order valence-electron chi connectivity index (χ2n) is 6.60. The number of aromatic nitrogens is 2. The number of hydrogen-bond acceptors (Lipinski definition) is 5. The van der Waals surface area contributed by atoms with Gasteiger partial charge in [0.05, 0.1) is 31.0 Å². The fourth-order valence-electron chi connectivity index (χ4n) is 3.05. The van der Waals surface area contributed by atoms with Gasteiger partial charge in [0.25, 0.3) is 0 Å². The molecular weight excluding hydrogens is 458 g/mol. The summed E-state index contributed by atoms with van der Waals surface area (Å²) >= 11 is 0. The van der Waals surface area contributed by atoms with E-state index >= 15 is 0 Å². The quantitative estimate of drug-likeness (QED) is 0.388. The van der Waals surface area contributed by atoms with Gasteiger partial charge < -0.3 is 9.47 Å². The van der Waals surface area contributed by atoms with Crippen LogP contribution in [-0.2, 0) is 21.8 Å². The van der Waals surface area contributed by atoms with E-state index in [2.05, 4.69) is 14.6 Å². The molecule has 0 amide bonds. The Balaban J connectivity index is 2.44. The lowest BCUT2D eigenvalue weighted by Gasteiger charge is -2.14. The lowest BCUT2D eigenvalue weighted by Crippen LogP contribution is -2.15. The van der Waals surface area contributed by atoms with Crippen molar-refractivity contribution in [1.29, 1.82) is 0 Å². The number of nitrogens with zero attached hydrogens (tertiary/aromatic N) is 2. The van der Waals surface area contributed by atoms with Crippen molar-refractivity contribution >= 4 is 11.9 Å². The monoisotopic (exact) mass is 472 g/mol. The van der Waals surface area contributed by atoms with E-state index in [4.69, 9.17) is 0 Å². The lowest BCUT2D eigenvalue weighted by atomic mass is 9.99. The number of halogens is 6. The van der Waals surface area contributed by atoms with Crippen LogP contribution in [0.25, 0.3) is 16.9 Å². The molecule has 0 saturated heterocycles. The first-order chi connectivity index (χ1) is 15.4. The smallest absolute Gasteiger partial charge is 0.416 e. The van der Waals surface area contributed by atoms with Crippen LogP contribution in [0.2, 0.25) is 0 Å². The summed E-state index contributed by atoms with van der Waals surface area (Å²) in [6, 6.07) is 8.37.